The average Bonchev–Trinajstić information content (AvgIpc) is 3.45. The van der Waals surface area contributed by atoms with Crippen molar-refractivity contribution in [3.8, 4) is 16.9 Å². The minimum atomic E-state index is -0.478. The van der Waals surface area contributed by atoms with E-state index in [0.29, 0.717) is 41.5 Å². The first kappa shape index (κ1) is 23.4. The maximum atomic E-state index is 12.8. The van der Waals surface area contributed by atoms with Crippen LogP contribution in [0.4, 0.5) is 0 Å². The fourth-order valence-corrected chi connectivity index (χ4v) is 5.10. The number of ether oxygens (including phenoxy) is 2. The van der Waals surface area contributed by atoms with Crippen molar-refractivity contribution in [3.63, 3.8) is 0 Å². The minimum absolute atomic E-state index is 0.0349. The number of benzene rings is 3. The van der Waals surface area contributed by atoms with E-state index >= 15 is 0 Å². The Hall–Kier alpha value is -3.35. The SMILES string of the molecule is COC(=O)c1cc(-c2cccc(COc3ccc4c(c3)CN(C3CCC(O)C3)C4=O)c2)ccc1Cl. The van der Waals surface area contributed by atoms with Crippen molar-refractivity contribution in [2.75, 3.05) is 7.11 Å². The van der Waals surface area contributed by atoms with Crippen molar-refractivity contribution in [3.05, 3.63) is 87.9 Å². The van der Waals surface area contributed by atoms with Gasteiger partial charge in [0.1, 0.15) is 12.4 Å². The molecule has 1 aliphatic heterocycles. The second-order valence-electron chi connectivity index (χ2n) is 9.05. The highest BCUT2D eigenvalue weighted by Crippen LogP contribution is 2.34. The van der Waals surface area contributed by atoms with E-state index in [2.05, 4.69) is 0 Å². The summed E-state index contributed by atoms with van der Waals surface area (Å²) in [4.78, 5) is 26.7. The zero-order chi connectivity index (χ0) is 24.5. The van der Waals surface area contributed by atoms with Gasteiger partial charge in [0.25, 0.3) is 5.91 Å². The number of amides is 1. The molecule has 180 valence electrons. The predicted octanol–water partition coefficient (Wildman–Crippen LogP) is 5.24. The van der Waals surface area contributed by atoms with Crippen molar-refractivity contribution in [1.29, 1.82) is 0 Å². The molecule has 0 saturated heterocycles. The minimum Gasteiger partial charge on any atom is -0.489 e. The smallest absolute Gasteiger partial charge is 0.339 e. The molecule has 0 spiro atoms. The average molecular weight is 492 g/mol. The summed E-state index contributed by atoms with van der Waals surface area (Å²) in [5, 5.41) is 10.2. The largest absolute Gasteiger partial charge is 0.489 e. The third kappa shape index (κ3) is 4.77. The van der Waals surface area contributed by atoms with Gasteiger partial charge in [0.05, 0.1) is 23.8 Å². The van der Waals surface area contributed by atoms with Crippen LogP contribution in [0.1, 0.15) is 51.1 Å². The number of hydrogen-bond donors (Lipinski definition) is 1. The van der Waals surface area contributed by atoms with Crippen LogP contribution in [-0.4, -0.2) is 41.1 Å². The van der Waals surface area contributed by atoms with E-state index in [-0.39, 0.29) is 18.1 Å². The highest BCUT2D eigenvalue weighted by molar-refractivity contribution is 6.33. The topological polar surface area (TPSA) is 76.1 Å². The molecule has 0 aromatic heterocycles. The molecule has 1 fully saturated rings. The molecule has 2 atom stereocenters. The van der Waals surface area contributed by atoms with E-state index < -0.39 is 5.97 Å². The number of methoxy groups -OCH3 is 1. The van der Waals surface area contributed by atoms with E-state index in [9.17, 15) is 14.7 Å². The summed E-state index contributed by atoms with van der Waals surface area (Å²) in [6, 6.07) is 18.9. The van der Waals surface area contributed by atoms with Gasteiger partial charge >= 0.3 is 5.97 Å². The summed E-state index contributed by atoms with van der Waals surface area (Å²) in [6.45, 7) is 0.911. The lowest BCUT2D eigenvalue weighted by Crippen LogP contribution is -2.33. The number of hydrogen-bond acceptors (Lipinski definition) is 5. The van der Waals surface area contributed by atoms with Gasteiger partial charge < -0.3 is 19.5 Å². The van der Waals surface area contributed by atoms with Crippen LogP contribution in [0.2, 0.25) is 5.02 Å². The van der Waals surface area contributed by atoms with Gasteiger partial charge in [0, 0.05) is 18.2 Å². The Morgan fingerprint density at radius 3 is 2.69 bits per heavy atom. The fraction of sp³-hybridized carbons (Fsp3) is 0.286. The molecule has 1 saturated carbocycles. The van der Waals surface area contributed by atoms with E-state index in [1.54, 1.807) is 12.1 Å². The van der Waals surface area contributed by atoms with Gasteiger partial charge in [-0.25, -0.2) is 4.79 Å². The Labute approximate surface area is 209 Å². The highest BCUT2D eigenvalue weighted by Gasteiger charge is 2.36. The maximum absolute atomic E-state index is 12.8. The van der Waals surface area contributed by atoms with Gasteiger partial charge in [0.2, 0.25) is 0 Å². The van der Waals surface area contributed by atoms with Gasteiger partial charge in [0.15, 0.2) is 0 Å². The third-order valence-corrected chi connectivity index (χ3v) is 7.09. The number of nitrogens with zero attached hydrogens (tertiary/aromatic N) is 1. The number of carbonyl (C=O) groups is 2. The van der Waals surface area contributed by atoms with Crippen LogP contribution < -0.4 is 4.74 Å². The number of aliphatic hydroxyl groups excluding tert-OH is 1. The highest BCUT2D eigenvalue weighted by atomic mass is 35.5. The molecule has 2 unspecified atom stereocenters. The summed E-state index contributed by atoms with van der Waals surface area (Å²) in [6.07, 6.45) is 1.92. The molecule has 0 bridgehead atoms. The molecule has 0 radical (unpaired) electrons. The van der Waals surface area contributed by atoms with Crippen LogP contribution in [0.25, 0.3) is 11.1 Å². The Balaban J connectivity index is 1.28. The standard InChI is InChI=1S/C28H26ClNO5/c1-34-28(33)25-13-19(5-10-26(25)29)18-4-2-3-17(11-18)16-35-23-8-9-24-20(12-23)15-30(27(24)32)21-6-7-22(31)14-21/h2-5,8-13,21-22,31H,6-7,14-16H2,1H3. The third-order valence-electron chi connectivity index (χ3n) is 6.76. The number of aliphatic hydroxyl groups is 1. The first-order valence-electron chi connectivity index (χ1n) is 11.6. The zero-order valence-electron chi connectivity index (χ0n) is 19.4. The number of esters is 1. The Morgan fingerprint density at radius 1 is 1.09 bits per heavy atom. The Morgan fingerprint density at radius 2 is 1.91 bits per heavy atom. The molecule has 6 nitrogen and oxygen atoms in total. The van der Waals surface area contributed by atoms with Crippen LogP contribution >= 0.6 is 11.6 Å². The number of rotatable bonds is 6. The normalized spacial score (nSPS) is 19.1. The van der Waals surface area contributed by atoms with Crippen molar-refractivity contribution in [1.82, 2.24) is 4.90 Å². The van der Waals surface area contributed by atoms with Gasteiger partial charge in [-0.1, -0.05) is 35.9 Å². The molecule has 1 aliphatic carbocycles. The van der Waals surface area contributed by atoms with Crippen LogP contribution in [0.3, 0.4) is 0 Å². The molecule has 1 amide bonds. The lowest BCUT2D eigenvalue weighted by Gasteiger charge is -2.23. The molecule has 7 heteroatoms. The predicted molar refractivity (Wildman–Crippen MR) is 133 cm³/mol. The van der Waals surface area contributed by atoms with Crippen LogP contribution in [-0.2, 0) is 17.9 Å². The molecule has 2 aliphatic rings. The van der Waals surface area contributed by atoms with Crippen LogP contribution in [0.5, 0.6) is 5.75 Å². The monoisotopic (exact) mass is 491 g/mol. The second kappa shape index (κ2) is 9.72. The van der Waals surface area contributed by atoms with Crippen molar-refractivity contribution in [2.24, 2.45) is 0 Å². The summed E-state index contributed by atoms with van der Waals surface area (Å²) >= 11 is 6.15. The van der Waals surface area contributed by atoms with Crippen molar-refractivity contribution in [2.45, 2.75) is 44.6 Å². The molecular formula is C28H26ClNO5. The van der Waals surface area contributed by atoms with Gasteiger partial charge in [-0.15, -0.1) is 0 Å². The fourth-order valence-electron chi connectivity index (χ4n) is 4.90. The summed E-state index contributed by atoms with van der Waals surface area (Å²) in [7, 11) is 1.33. The summed E-state index contributed by atoms with van der Waals surface area (Å²) in [5.74, 6) is 0.261. The summed E-state index contributed by atoms with van der Waals surface area (Å²) < 4.78 is 10.9. The Kier molecular flexibility index (Phi) is 6.50. The zero-order valence-corrected chi connectivity index (χ0v) is 20.1. The lowest BCUT2D eigenvalue weighted by atomic mass is 10.0. The number of fused-ring (bicyclic) bond motifs is 1. The molecule has 5 rings (SSSR count). The molecule has 3 aromatic carbocycles. The molecule has 1 heterocycles. The maximum Gasteiger partial charge on any atom is 0.339 e. The van der Waals surface area contributed by atoms with Gasteiger partial charge in [-0.3, -0.25) is 4.79 Å². The van der Waals surface area contributed by atoms with Gasteiger partial charge in [-0.2, -0.15) is 0 Å². The van der Waals surface area contributed by atoms with Crippen molar-refractivity contribution >= 4 is 23.5 Å². The first-order valence-corrected chi connectivity index (χ1v) is 12.0. The summed E-state index contributed by atoms with van der Waals surface area (Å²) in [5.41, 5.74) is 4.74. The lowest BCUT2D eigenvalue weighted by molar-refractivity contribution is 0.0600. The molecule has 1 N–H and O–H groups in total. The van der Waals surface area contributed by atoms with Crippen molar-refractivity contribution < 1.29 is 24.2 Å². The Bertz CT molecular complexity index is 1290. The molecular weight excluding hydrogens is 466 g/mol. The van der Waals surface area contributed by atoms with Gasteiger partial charge in [-0.05, 0) is 77.9 Å². The number of halogens is 1. The van der Waals surface area contributed by atoms with Crippen LogP contribution in [0, 0.1) is 0 Å². The van der Waals surface area contributed by atoms with Crippen LogP contribution in [0.15, 0.2) is 60.7 Å². The van der Waals surface area contributed by atoms with E-state index in [1.807, 2.05) is 53.4 Å². The molecule has 35 heavy (non-hydrogen) atoms. The quantitative estimate of drug-likeness (QED) is 0.477. The number of carbonyl (C=O) groups excluding carboxylic acids is 2. The molecule has 3 aromatic rings. The first-order chi connectivity index (χ1) is 16.9. The van der Waals surface area contributed by atoms with E-state index in [4.69, 9.17) is 21.1 Å². The second-order valence-corrected chi connectivity index (χ2v) is 9.46. The van der Waals surface area contributed by atoms with E-state index in [0.717, 1.165) is 35.1 Å². The van der Waals surface area contributed by atoms with E-state index in [1.165, 1.54) is 7.11 Å².